The molecule has 0 amide bonds. The summed E-state index contributed by atoms with van der Waals surface area (Å²) in [4.78, 5) is 0. The van der Waals surface area contributed by atoms with E-state index in [0.29, 0.717) is 12.1 Å². The van der Waals surface area contributed by atoms with Crippen LogP contribution in [0.3, 0.4) is 0 Å². The fourth-order valence-corrected chi connectivity index (χ4v) is 2.65. The molecule has 13 heteroatoms. The van der Waals surface area contributed by atoms with E-state index in [1.165, 1.54) is 0 Å². The average Bonchev–Trinajstić information content (AvgIpc) is 2.84. The Bertz CT molecular complexity index is 769. The molecule has 0 N–H and O–H groups in total. The van der Waals surface area contributed by atoms with E-state index < -0.39 is 58.1 Å². The van der Waals surface area contributed by atoms with Crippen LogP contribution in [0.25, 0.3) is 11.1 Å². The van der Waals surface area contributed by atoms with E-state index >= 15 is 0 Å². The summed E-state index contributed by atoms with van der Waals surface area (Å²) in [5.74, 6) is 0. The first-order chi connectivity index (χ1) is 12.0. The molecular weight excluding hydrogens is 415 g/mol. The molecule has 28 heavy (non-hydrogen) atoms. The van der Waals surface area contributed by atoms with E-state index in [2.05, 4.69) is 0 Å². The molecule has 0 aliphatic rings. The quantitative estimate of drug-likeness (QED) is 0.370. The largest absolute Gasteiger partial charge is 1.00 e. The fraction of sp³-hybridized carbons (Fsp3) is 0.267. The molecule has 0 fully saturated rings. The Labute approximate surface area is 160 Å². The normalized spacial score (nSPS) is 13.4. The number of hydrogen-bond donors (Lipinski definition) is 0. The zero-order valence-electron chi connectivity index (χ0n) is 13.4. The molecule has 0 nitrogen and oxygen atoms in total. The fourth-order valence-electron chi connectivity index (χ4n) is 2.65. The van der Waals surface area contributed by atoms with Crippen molar-refractivity contribution >= 4 is 0 Å². The van der Waals surface area contributed by atoms with Gasteiger partial charge in [-0.15, -0.1) is 17.7 Å². The zero-order valence-corrected chi connectivity index (χ0v) is 13.4. The molecular formula is C15H5F12Li. The van der Waals surface area contributed by atoms with Crippen LogP contribution < -0.4 is 18.9 Å². The molecule has 0 heterocycles. The van der Waals surface area contributed by atoms with Gasteiger partial charge in [-0.05, 0) is 11.1 Å². The van der Waals surface area contributed by atoms with E-state index in [9.17, 15) is 52.7 Å². The van der Waals surface area contributed by atoms with Crippen molar-refractivity contribution in [1.29, 1.82) is 0 Å². The Hall–Kier alpha value is -1.67. The van der Waals surface area contributed by atoms with Crippen LogP contribution in [0.15, 0.2) is 30.3 Å². The maximum absolute atomic E-state index is 13.3. The summed E-state index contributed by atoms with van der Waals surface area (Å²) in [6.45, 7) is 0. The van der Waals surface area contributed by atoms with Crippen molar-refractivity contribution in [3.05, 3.63) is 52.6 Å². The predicted molar refractivity (Wildman–Crippen MR) is 67.5 cm³/mol. The third kappa shape index (κ3) is 4.49. The van der Waals surface area contributed by atoms with Gasteiger partial charge >= 0.3 is 43.6 Å². The molecule has 0 atom stereocenters. The summed E-state index contributed by atoms with van der Waals surface area (Å²) in [5, 5.41) is 0. The van der Waals surface area contributed by atoms with Crippen molar-refractivity contribution in [3.63, 3.8) is 0 Å². The molecule has 150 valence electrons. The topological polar surface area (TPSA) is 0 Å². The summed E-state index contributed by atoms with van der Waals surface area (Å²) in [6, 6.07) is 3.98. The van der Waals surface area contributed by atoms with E-state index in [1.807, 2.05) is 0 Å². The van der Waals surface area contributed by atoms with E-state index in [-0.39, 0.29) is 18.9 Å². The predicted octanol–water partition coefficient (Wildman–Crippen LogP) is 4.15. The van der Waals surface area contributed by atoms with Crippen LogP contribution in [0, 0.1) is 0 Å². The van der Waals surface area contributed by atoms with Crippen molar-refractivity contribution < 1.29 is 71.5 Å². The van der Waals surface area contributed by atoms with Crippen LogP contribution in [0.4, 0.5) is 52.7 Å². The Morgan fingerprint density at radius 3 is 1.07 bits per heavy atom. The molecule has 0 radical (unpaired) electrons. The first kappa shape index (κ1) is 24.4. The summed E-state index contributed by atoms with van der Waals surface area (Å²) in [7, 11) is 0. The van der Waals surface area contributed by atoms with Gasteiger partial charge in [-0.1, -0.05) is 23.8 Å². The summed E-state index contributed by atoms with van der Waals surface area (Å²) >= 11 is 0. The molecule has 2 rings (SSSR count). The maximum atomic E-state index is 13.3. The van der Waals surface area contributed by atoms with Crippen molar-refractivity contribution in [3.8, 4) is 11.1 Å². The minimum atomic E-state index is -6.34. The Kier molecular flexibility index (Phi) is 6.35. The summed E-state index contributed by atoms with van der Waals surface area (Å²) in [6.07, 6.45) is -25.0. The second-order valence-electron chi connectivity index (χ2n) is 5.23. The van der Waals surface area contributed by atoms with Gasteiger partial charge in [0.05, 0.1) is 0 Å². The van der Waals surface area contributed by atoms with E-state index in [0.717, 1.165) is 18.2 Å². The average molecular weight is 420 g/mol. The van der Waals surface area contributed by atoms with Crippen LogP contribution in [-0.4, -0.2) is 0 Å². The third-order valence-electron chi connectivity index (χ3n) is 3.45. The minimum Gasteiger partial charge on any atom is -0.174 e. The van der Waals surface area contributed by atoms with Crippen LogP contribution >= 0.6 is 0 Å². The molecule has 0 saturated heterocycles. The van der Waals surface area contributed by atoms with Crippen LogP contribution in [-0.2, 0) is 24.7 Å². The van der Waals surface area contributed by atoms with Gasteiger partial charge in [0.2, 0.25) is 0 Å². The first-order valence-electron chi connectivity index (χ1n) is 6.68. The second-order valence-corrected chi connectivity index (χ2v) is 5.23. The number of rotatable bonds is 1. The number of halogens is 12. The van der Waals surface area contributed by atoms with Crippen LogP contribution in [0.1, 0.15) is 22.3 Å². The third-order valence-corrected chi connectivity index (χ3v) is 3.45. The molecule has 0 aliphatic heterocycles. The molecule has 0 unspecified atom stereocenters. The summed E-state index contributed by atoms with van der Waals surface area (Å²) < 4.78 is 158. The van der Waals surface area contributed by atoms with Gasteiger partial charge < -0.3 is 0 Å². The second kappa shape index (κ2) is 7.30. The van der Waals surface area contributed by atoms with Crippen molar-refractivity contribution in [2.75, 3.05) is 0 Å². The molecule has 0 aromatic heterocycles. The molecule has 0 aliphatic carbocycles. The van der Waals surface area contributed by atoms with E-state index in [1.54, 1.807) is 0 Å². The maximum Gasteiger partial charge on any atom is 1.00 e. The Morgan fingerprint density at radius 2 is 0.821 bits per heavy atom. The molecule has 2 aromatic rings. The summed E-state index contributed by atoms with van der Waals surface area (Å²) in [5.41, 5.74) is -16.2. The van der Waals surface area contributed by atoms with Gasteiger partial charge in [-0.2, -0.15) is 52.7 Å². The molecule has 0 bridgehead atoms. The standard InChI is InChI=1S/C15H5F12.Li/c16-12(17,18)8-7(6-4-2-1-3-5-6)9(13(19,20)21)11(15(25,26)27)10(8)14(22,23)24;/h1-5H;/q-1;+1. The molecule has 2 aromatic carbocycles. The van der Waals surface area contributed by atoms with Crippen LogP contribution in [0.5, 0.6) is 0 Å². The van der Waals surface area contributed by atoms with Crippen molar-refractivity contribution in [1.82, 2.24) is 0 Å². The van der Waals surface area contributed by atoms with E-state index in [4.69, 9.17) is 0 Å². The Balaban J connectivity index is 0.00000392. The Morgan fingerprint density at radius 1 is 0.500 bits per heavy atom. The van der Waals surface area contributed by atoms with Crippen molar-refractivity contribution in [2.45, 2.75) is 24.7 Å². The molecule has 0 spiro atoms. The first-order valence-corrected chi connectivity index (χ1v) is 6.68. The number of alkyl halides is 12. The van der Waals surface area contributed by atoms with Crippen LogP contribution in [0.2, 0.25) is 0 Å². The van der Waals surface area contributed by atoms with Gasteiger partial charge in [-0.3, -0.25) is 0 Å². The minimum absolute atomic E-state index is 0. The molecule has 0 saturated carbocycles. The zero-order chi connectivity index (χ0) is 21.0. The van der Waals surface area contributed by atoms with Gasteiger partial charge in [-0.25, -0.2) is 0 Å². The van der Waals surface area contributed by atoms with Gasteiger partial charge in [0.15, 0.2) is 0 Å². The smallest absolute Gasteiger partial charge is 0.174 e. The van der Waals surface area contributed by atoms with Crippen molar-refractivity contribution in [2.24, 2.45) is 0 Å². The number of benzene rings is 1. The SMILES string of the molecule is FC(F)(F)c1c(C(F)(F)F)c(C(F)(F)F)[c-](-c2ccccc2)c1C(F)(F)F.[Li+]. The van der Waals surface area contributed by atoms with Gasteiger partial charge in [0.1, 0.15) is 0 Å². The van der Waals surface area contributed by atoms with Gasteiger partial charge in [0, 0.05) is 11.1 Å². The number of hydrogen-bond acceptors (Lipinski definition) is 0. The monoisotopic (exact) mass is 420 g/mol. The van der Waals surface area contributed by atoms with Gasteiger partial charge in [0.25, 0.3) is 0 Å².